The van der Waals surface area contributed by atoms with Crippen LogP contribution in [0.2, 0.25) is 10.0 Å². The third-order valence-electron chi connectivity index (χ3n) is 1.98. The number of aliphatic imine (C=N–C) groups is 1. The molecule has 3 N–H and O–H groups in total. The van der Waals surface area contributed by atoms with Crippen LogP contribution in [0.4, 0.5) is 0 Å². The smallest absolute Gasteiger partial charge is 0.328 e. The highest BCUT2D eigenvalue weighted by Crippen LogP contribution is 2.18. The second-order valence-corrected chi connectivity index (χ2v) is 4.37. The van der Waals surface area contributed by atoms with Crippen LogP contribution >= 0.6 is 23.2 Å². The largest absolute Gasteiger partial charge is 0.478 e. The van der Waals surface area contributed by atoms with Gasteiger partial charge in [0.05, 0.1) is 0 Å². The molecule has 0 atom stereocenters. The summed E-state index contributed by atoms with van der Waals surface area (Å²) in [7, 11) is 0. The van der Waals surface area contributed by atoms with E-state index in [1.165, 1.54) is 0 Å². The summed E-state index contributed by atoms with van der Waals surface area (Å²) in [5, 5.41) is 9.15. The van der Waals surface area contributed by atoms with Gasteiger partial charge in [-0.1, -0.05) is 23.2 Å². The van der Waals surface area contributed by atoms with Gasteiger partial charge in [-0.2, -0.15) is 0 Å². The third kappa shape index (κ3) is 5.54. The van der Waals surface area contributed by atoms with Gasteiger partial charge in [0.1, 0.15) is 12.4 Å². The van der Waals surface area contributed by atoms with Gasteiger partial charge in [-0.25, -0.2) is 4.79 Å². The summed E-state index contributed by atoms with van der Waals surface area (Å²) in [5.41, 5.74) is 6.17. The number of nitrogens with zero attached hydrogens (tertiary/aromatic N) is 1. The van der Waals surface area contributed by atoms with Crippen molar-refractivity contribution in [1.29, 1.82) is 0 Å². The van der Waals surface area contributed by atoms with E-state index in [-0.39, 0.29) is 12.4 Å². The molecule has 1 rings (SSSR count). The van der Waals surface area contributed by atoms with Crippen molar-refractivity contribution in [2.24, 2.45) is 10.7 Å². The minimum absolute atomic E-state index is 0.0986. The summed E-state index contributed by atoms with van der Waals surface area (Å²) < 4.78 is 0. The molecule has 0 bridgehead atoms. The lowest BCUT2D eigenvalue weighted by molar-refractivity contribution is -0.131. The Bertz CT molecular complexity index is 548. The van der Waals surface area contributed by atoms with E-state index in [9.17, 15) is 9.59 Å². The summed E-state index contributed by atoms with van der Waals surface area (Å²) >= 11 is 11.6. The summed E-state index contributed by atoms with van der Waals surface area (Å²) in [4.78, 5) is 25.3. The van der Waals surface area contributed by atoms with Crippen LogP contribution in [0.1, 0.15) is 5.56 Å². The van der Waals surface area contributed by atoms with Crippen molar-refractivity contribution in [1.82, 2.24) is 0 Å². The number of hydrogen-bond acceptors (Lipinski definition) is 3. The van der Waals surface area contributed by atoms with Crippen molar-refractivity contribution < 1.29 is 14.7 Å². The number of benzene rings is 1. The Morgan fingerprint density at radius 2 is 1.79 bits per heavy atom. The average Bonchev–Trinajstić information content (AvgIpc) is 2.32. The topological polar surface area (TPSA) is 92.8 Å². The predicted octanol–water partition coefficient (Wildman–Crippen LogP) is 1.91. The van der Waals surface area contributed by atoms with Gasteiger partial charge in [0, 0.05) is 21.7 Å². The van der Waals surface area contributed by atoms with Crippen LogP contribution in [-0.2, 0) is 9.59 Å². The van der Waals surface area contributed by atoms with Gasteiger partial charge in [-0.05, 0) is 24.3 Å². The molecule has 0 aliphatic heterocycles. The normalized spacial score (nSPS) is 11.8. The van der Waals surface area contributed by atoms with Crippen molar-refractivity contribution in [2.75, 3.05) is 6.54 Å². The Labute approximate surface area is 119 Å². The van der Waals surface area contributed by atoms with Gasteiger partial charge < -0.3 is 10.8 Å². The second-order valence-electron chi connectivity index (χ2n) is 3.50. The van der Waals surface area contributed by atoms with Gasteiger partial charge in [-0.3, -0.25) is 9.79 Å². The second kappa shape index (κ2) is 6.92. The molecule has 5 nitrogen and oxygen atoms in total. The van der Waals surface area contributed by atoms with Crippen molar-refractivity contribution >= 4 is 40.8 Å². The molecule has 0 saturated heterocycles. The van der Waals surface area contributed by atoms with E-state index >= 15 is 0 Å². The molecule has 0 radical (unpaired) electrons. The fourth-order valence-electron chi connectivity index (χ4n) is 1.17. The van der Waals surface area contributed by atoms with E-state index in [1.54, 1.807) is 18.2 Å². The number of carbonyl (C=O) groups is 2. The van der Waals surface area contributed by atoms with Crippen LogP contribution in [0.3, 0.4) is 0 Å². The molecule has 0 fully saturated rings. The molecule has 0 aliphatic carbocycles. The Morgan fingerprint density at radius 3 is 2.32 bits per heavy atom. The zero-order valence-corrected chi connectivity index (χ0v) is 11.1. The van der Waals surface area contributed by atoms with Crippen LogP contribution in [-0.4, -0.2) is 29.2 Å². The lowest BCUT2D eigenvalue weighted by Crippen LogP contribution is -2.15. The van der Waals surface area contributed by atoms with Crippen molar-refractivity contribution in [3.05, 3.63) is 46.0 Å². The van der Waals surface area contributed by atoms with Gasteiger partial charge in [-0.15, -0.1) is 0 Å². The molecule has 1 aromatic carbocycles. The molecule has 19 heavy (non-hydrogen) atoms. The van der Waals surface area contributed by atoms with E-state index in [0.29, 0.717) is 15.6 Å². The predicted molar refractivity (Wildman–Crippen MR) is 73.8 cm³/mol. The highest BCUT2D eigenvalue weighted by atomic mass is 35.5. The number of ketones is 1. The Morgan fingerprint density at radius 1 is 1.21 bits per heavy atom. The third-order valence-corrected chi connectivity index (χ3v) is 2.41. The fraction of sp³-hybridized carbons (Fsp3) is 0.0833. The number of hydrogen-bond donors (Lipinski definition) is 2. The highest BCUT2D eigenvalue weighted by Gasteiger charge is 2.03. The molecule has 0 heterocycles. The van der Waals surface area contributed by atoms with Gasteiger partial charge >= 0.3 is 5.97 Å². The number of carboxylic acid groups (broad SMARTS) is 1. The number of amidine groups is 1. The fourth-order valence-corrected chi connectivity index (χ4v) is 1.70. The van der Waals surface area contributed by atoms with Crippen molar-refractivity contribution in [3.8, 4) is 0 Å². The number of rotatable bonds is 5. The molecule has 0 aliphatic rings. The Balaban J connectivity index is 2.77. The van der Waals surface area contributed by atoms with Crippen LogP contribution in [0.15, 0.2) is 35.3 Å². The maximum absolute atomic E-state index is 11.3. The molecule has 0 saturated carbocycles. The van der Waals surface area contributed by atoms with Gasteiger partial charge in [0.2, 0.25) is 0 Å². The minimum Gasteiger partial charge on any atom is -0.478 e. The van der Waals surface area contributed by atoms with Crippen LogP contribution < -0.4 is 5.73 Å². The quantitative estimate of drug-likeness (QED) is 0.493. The first-order valence-corrected chi connectivity index (χ1v) is 5.84. The zero-order valence-electron chi connectivity index (χ0n) is 9.64. The average molecular weight is 301 g/mol. The highest BCUT2D eigenvalue weighted by molar-refractivity contribution is 6.35. The van der Waals surface area contributed by atoms with Crippen molar-refractivity contribution in [2.45, 2.75) is 0 Å². The lowest BCUT2D eigenvalue weighted by Gasteiger charge is -2.02. The number of nitrogens with two attached hydrogens (primary N) is 1. The number of halogens is 2. The van der Waals surface area contributed by atoms with Crippen molar-refractivity contribution in [3.63, 3.8) is 0 Å². The lowest BCUT2D eigenvalue weighted by atomic mass is 10.2. The minimum atomic E-state index is -1.20. The van der Waals surface area contributed by atoms with E-state index in [2.05, 4.69) is 4.99 Å². The molecule has 0 spiro atoms. The first-order valence-electron chi connectivity index (χ1n) is 5.08. The zero-order chi connectivity index (χ0) is 14.4. The first kappa shape index (κ1) is 15.2. The van der Waals surface area contributed by atoms with Crippen LogP contribution in [0, 0.1) is 0 Å². The van der Waals surface area contributed by atoms with Crippen LogP contribution in [0.25, 0.3) is 0 Å². The molecular formula is C12H10Cl2N2O3. The summed E-state index contributed by atoms with van der Waals surface area (Å²) in [5.74, 6) is -1.58. The maximum atomic E-state index is 11.3. The molecule has 0 unspecified atom stereocenters. The van der Waals surface area contributed by atoms with E-state index in [0.717, 1.165) is 12.2 Å². The number of aliphatic carboxylic acids is 1. The Kier molecular flexibility index (Phi) is 5.54. The molecule has 100 valence electrons. The molecular weight excluding hydrogens is 291 g/mol. The van der Waals surface area contributed by atoms with Gasteiger partial charge in [0.25, 0.3) is 0 Å². The van der Waals surface area contributed by atoms with Gasteiger partial charge in [0.15, 0.2) is 5.78 Å². The summed E-state index contributed by atoms with van der Waals surface area (Å²) in [6.07, 6.45) is 1.66. The maximum Gasteiger partial charge on any atom is 0.328 e. The van der Waals surface area contributed by atoms with Crippen LogP contribution in [0.5, 0.6) is 0 Å². The molecule has 0 amide bonds. The van der Waals surface area contributed by atoms with E-state index < -0.39 is 11.8 Å². The standard InChI is InChI=1S/C12H10Cl2N2O3/c13-8-3-7(4-9(14)5-8)12(15)16-6-10(17)1-2-11(18)19/h1-5H,6H2,(H2,15,16)(H,18,19)/b2-1-. The first-order chi connectivity index (χ1) is 8.88. The molecule has 0 aromatic heterocycles. The van der Waals surface area contributed by atoms with E-state index in [1.807, 2.05) is 0 Å². The number of carbonyl (C=O) groups excluding carboxylic acids is 1. The summed E-state index contributed by atoms with van der Waals surface area (Å²) in [6, 6.07) is 4.66. The summed E-state index contributed by atoms with van der Waals surface area (Å²) in [6.45, 7) is -0.250. The Hall–Kier alpha value is -1.85. The monoisotopic (exact) mass is 300 g/mol. The number of carboxylic acids is 1. The molecule has 1 aromatic rings. The molecule has 7 heteroatoms. The SMILES string of the molecule is NC(=NCC(=O)/C=C\C(=O)O)c1cc(Cl)cc(Cl)c1. The van der Waals surface area contributed by atoms with E-state index in [4.69, 9.17) is 34.0 Å².